The molecule has 2 radical (unpaired) electrons. The van der Waals surface area contributed by atoms with Gasteiger partial charge >= 0.3 is 20.0 Å². The van der Waals surface area contributed by atoms with Crippen molar-refractivity contribution in [2.75, 3.05) is 0 Å². The summed E-state index contributed by atoms with van der Waals surface area (Å²) < 4.78 is 17.7. The fraction of sp³-hybridized carbons (Fsp3) is 0.583. The molecule has 0 N–H and O–H groups in total. The molecule has 0 aliphatic rings. The van der Waals surface area contributed by atoms with Gasteiger partial charge in [0.05, 0.1) is 0 Å². The fourth-order valence-electron chi connectivity index (χ4n) is 0.806. The molecule has 0 saturated carbocycles. The third kappa shape index (κ3) is 13.0. The van der Waals surface area contributed by atoms with Gasteiger partial charge in [-0.25, -0.2) is 0 Å². The largest absolute Gasteiger partial charge is 0 e. The molecule has 0 atom stereocenters. The summed E-state index contributed by atoms with van der Waals surface area (Å²) in [5.74, 6) is 0. The first-order valence-corrected chi connectivity index (χ1v) is 4.51. The van der Waals surface area contributed by atoms with E-state index in [-0.39, 0.29) is 42.5 Å². The standard InChI is InChI=1S/C9H13N.C2H6.CH4.3V.2H/c1-9(2,3)8-5-4-6-10-7-8;1-2;;;;;;/h4-7H,1-3H3;1-2H3;1H4;;;;;/i;;1T;;;;2*1+2. The molecule has 0 fully saturated rings. The Balaban J connectivity index is -0.0000000632. The van der Waals surface area contributed by atoms with E-state index in [1.54, 1.807) is 6.20 Å². The second-order valence-electron chi connectivity index (χ2n) is 3.49. The van der Waals surface area contributed by atoms with Crippen molar-refractivity contribution < 1.29 is 56.7 Å². The Kier molecular flexibility index (Phi) is 19.1. The zero-order valence-electron chi connectivity index (χ0n) is 14.1. The molecule has 0 saturated heterocycles. The van der Waals surface area contributed by atoms with Crippen LogP contribution in [0.25, 0.3) is 0 Å². The molecule has 1 aromatic heterocycles. The molecule has 0 aliphatic heterocycles. The summed E-state index contributed by atoms with van der Waals surface area (Å²) in [7, 11) is 1.25. The first-order chi connectivity index (χ1) is 8.02. The Bertz CT molecular complexity index is 231. The van der Waals surface area contributed by atoms with Crippen LogP contribution in [-0.4, -0.2) is 6.74 Å². The van der Waals surface area contributed by atoms with Gasteiger partial charge in [0.2, 0.25) is 0 Å². The van der Waals surface area contributed by atoms with Gasteiger partial charge in [0.1, 0.15) is 0 Å². The van der Waals surface area contributed by atoms with Crippen molar-refractivity contribution in [3.63, 3.8) is 0 Å². The van der Waals surface area contributed by atoms with Crippen molar-refractivity contribution in [3.8, 4) is 0 Å². The molecular weight excluding hydrogens is 311 g/mol. The molecule has 0 bridgehead atoms. The van der Waals surface area contributed by atoms with E-state index in [1.165, 1.54) is 13.0 Å². The molecule has 4 heteroatoms. The maximum Gasteiger partial charge on any atom is 0 e. The third-order valence-corrected chi connectivity index (χ3v) is 1.53. The smallest absolute Gasteiger partial charge is 0 e. The number of nitrogens with zero attached hydrogens (tertiary/aromatic N) is 1. The molecule has 0 aliphatic carbocycles. The minimum Gasteiger partial charge on any atom is 0 e. The third-order valence-electron chi connectivity index (χ3n) is 1.53. The molecule has 0 unspecified atom stereocenters. The molecule has 0 amide bonds. The van der Waals surface area contributed by atoms with E-state index in [0.29, 0.717) is 0 Å². The average Bonchev–Trinajstić information content (AvgIpc) is 2.35. The van der Waals surface area contributed by atoms with Gasteiger partial charge in [0.25, 0.3) is 0 Å². The normalized spacial score (nSPS) is 9.00. The van der Waals surface area contributed by atoms with Gasteiger partial charge in [-0.05, 0) is 17.0 Å². The minimum atomic E-state index is -0.812. The van der Waals surface area contributed by atoms with Crippen LogP contribution in [0.15, 0.2) is 24.5 Å². The van der Waals surface area contributed by atoms with Crippen molar-refractivity contribution in [2.24, 2.45) is 0 Å². The molecule has 93 valence electrons. The first-order valence-electron chi connectivity index (χ1n) is 6.40. The van der Waals surface area contributed by atoms with Crippen molar-refractivity contribution in [1.82, 2.24) is 4.98 Å². The Labute approximate surface area is 140 Å². The Morgan fingerprint density at radius 3 is 1.94 bits per heavy atom. The second kappa shape index (κ2) is 15.9. The number of aromatic nitrogens is 1. The molecule has 1 nitrogen and oxygen atoms in total. The number of pyridine rings is 1. The maximum atomic E-state index is 5.97. The summed E-state index contributed by atoms with van der Waals surface area (Å²) in [4.78, 5) is 4.05. The van der Waals surface area contributed by atoms with E-state index in [1.807, 2.05) is 26.1 Å². The summed E-state index contributed by atoms with van der Waals surface area (Å²) in [6, 6.07) is 4.08. The molecule has 16 heavy (non-hydrogen) atoms. The molecular formula is C12H25NV3. The minimum absolute atomic E-state index is 0. The molecule has 1 rings (SSSR count). The van der Waals surface area contributed by atoms with Gasteiger partial charge in [0, 0.05) is 50.9 Å². The predicted molar refractivity (Wildman–Crippen MR) is 63.8 cm³/mol. The van der Waals surface area contributed by atoms with E-state index in [2.05, 4.69) is 31.8 Å². The van der Waals surface area contributed by atoms with Crippen LogP contribution in [0.4, 0.5) is 0 Å². The van der Waals surface area contributed by atoms with E-state index < -0.39 is 18.3 Å². The molecule has 0 spiro atoms. The van der Waals surface area contributed by atoms with Gasteiger partial charge in [-0.3, -0.25) is 4.98 Å². The zero-order valence-corrected chi connectivity index (χ0v) is 15.3. The van der Waals surface area contributed by atoms with E-state index in [0.717, 1.165) is 0 Å². The van der Waals surface area contributed by atoms with Gasteiger partial charge in [0.15, 0.2) is 0 Å². The second-order valence-corrected chi connectivity index (χ2v) is 3.49. The Morgan fingerprint density at radius 1 is 1.31 bits per heavy atom. The van der Waals surface area contributed by atoms with Gasteiger partial charge in [-0.1, -0.05) is 48.1 Å². The first kappa shape index (κ1) is 19.2. The summed E-state index contributed by atoms with van der Waals surface area (Å²) >= 11 is -0.812. The SMILES string of the molecule is CC.CC(C)(C)c1cccnc1.[3H]C.[3H][V][3H].[V].[V]. The molecule has 0 aromatic carbocycles. The van der Waals surface area contributed by atoms with Crippen molar-refractivity contribution >= 4 is 0 Å². The van der Waals surface area contributed by atoms with Crippen LogP contribution in [0, 0.1) is 0 Å². The van der Waals surface area contributed by atoms with Crippen LogP contribution < -0.4 is 0 Å². The monoisotopic (exact) mass is 342 g/mol. The average molecular weight is 342 g/mol. The predicted octanol–water partition coefficient (Wildman–Crippen LogP) is 3.50. The number of hydrogen-bond donors (Lipinski definition) is 0. The number of rotatable bonds is 0. The molecule has 1 aromatic rings. The van der Waals surface area contributed by atoms with E-state index in [4.69, 9.17) is 3.13 Å². The van der Waals surface area contributed by atoms with Crippen LogP contribution >= 0.6 is 0 Å². The maximum absolute atomic E-state index is 5.97. The summed E-state index contributed by atoms with van der Waals surface area (Å²) in [5, 5.41) is 0. The molecule has 1 heterocycles. The van der Waals surface area contributed by atoms with Crippen LogP contribution in [0.5, 0.6) is 0 Å². The van der Waals surface area contributed by atoms with Crippen LogP contribution in [0.1, 0.15) is 49.0 Å². The van der Waals surface area contributed by atoms with Crippen LogP contribution in [0.3, 0.4) is 0 Å². The Hall–Kier alpha value is 0.903. The number of hydrogen-bond acceptors (Lipinski definition) is 1. The van der Waals surface area contributed by atoms with E-state index >= 15 is 0 Å². The summed E-state index contributed by atoms with van der Waals surface area (Å²) in [6.07, 6.45) is 3.72. The van der Waals surface area contributed by atoms with Gasteiger partial charge in [-0.15, -0.1) is 0 Å². The van der Waals surface area contributed by atoms with E-state index in [9.17, 15) is 0 Å². The van der Waals surface area contributed by atoms with Gasteiger partial charge < -0.3 is 0 Å². The van der Waals surface area contributed by atoms with Gasteiger partial charge in [-0.2, -0.15) is 0 Å². The summed E-state index contributed by atoms with van der Waals surface area (Å²) in [5.41, 5.74) is 1.52. The van der Waals surface area contributed by atoms with Crippen LogP contribution in [-0.2, 0) is 60.8 Å². The fourth-order valence-corrected chi connectivity index (χ4v) is 0.806. The quantitative estimate of drug-likeness (QED) is 0.703. The van der Waals surface area contributed by atoms with Crippen molar-refractivity contribution in [3.05, 3.63) is 30.1 Å². The zero-order chi connectivity index (χ0) is 14.3. The van der Waals surface area contributed by atoms with Crippen molar-refractivity contribution in [2.45, 2.75) is 47.4 Å². The van der Waals surface area contributed by atoms with Crippen LogP contribution in [0.2, 0.25) is 0 Å². The topological polar surface area (TPSA) is 12.9 Å². The summed E-state index contributed by atoms with van der Waals surface area (Å²) in [6.45, 7) is 10.6. The Morgan fingerprint density at radius 2 is 1.75 bits per heavy atom. The van der Waals surface area contributed by atoms with Crippen molar-refractivity contribution in [1.29, 1.82) is 1.76 Å².